The van der Waals surface area contributed by atoms with Crippen LogP contribution in [0.25, 0.3) is 0 Å². The Balaban J connectivity index is 1.61. The zero-order valence-corrected chi connectivity index (χ0v) is 11.3. The van der Waals surface area contributed by atoms with Gasteiger partial charge < -0.3 is 10.6 Å². The van der Waals surface area contributed by atoms with E-state index in [-0.39, 0.29) is 12.5 Å². The van der Waals surface area contributed by atoms with Crippen LogP contribution in [0.1, 0.15) is 17.9 Å². The molecule has 104 valence electrons. The van der Waals surface area contributed by atoms with E-state index in [1.54, 1.807) is 17.1 Å². The van der Waals surface area contributed by atoms with Gasteiger partial charge in [-0.25, -0.2) is 0 Å². The molecular weight excluding hydrogens is 252 g/mol. The Morgan fingerprint density at radius 3 is 2.85 bits per heavy atom. The fraction of sp³-hybridized carbons (Fsp3) is 0.333. The quantitative estimate of drug-likeness (QED) is 0.919. The third-order valence-electron chi connectivity index (χ3n) is 3.76. The summed E-state index contributed by atoms with van der Waals surface area (Å²) in [7, 11) is 0. The molecule has 1 amide bonds. The van der Waals surface area contributed by atoms with E-state index < -0.39 is 0 Å². The topological polar surface area (TPSA) is 64.1 Å². The summed E-state index contributed by atoms with van der Waals surface area (Å²) in [5.41, 5.74) is 7.49. The van der Waals surface area contributed by atoms with Crippen LogP contribution >= 0.6 is 0 Å². The van der Waals surface area contributed by atoms with Crippen molar-refractivity contribution in [1.29, 1.82) is 0 Å². The number of benzene rings is 1. The average molecular weight is 270 g/mol. The van der Waals surface area contributed by atoms with Gasteiger partial charge in [-0.2, -0.15) is 5.10 Å². The van der Waals surface area contributed by atoms with Gasteiger partial charge in [-0.05, 0) is 12.0 Å². The summed E-state index contributed by atoms with van der Waals surface area (Å²) in [6.07, 6.45) is 4.27. The van der Waals surface area contributed by atoms with Gasteiger partial charge in [0.25, 0.3) is 0 Å². The molecule has 1 aromatic heterocycles. The number of rotatable bonds is 3. The van der Waals surface area contributed by atoms with Crippen molar-refractivity contribution in [3.05, 3.63) is 48.3 Å². The molecule has 1 unspecified atom stereocenters. The number of nitrogen functional groups attached to an aromatic ring is 1. The standard InChI is InChI=1S/C15H18N4O/c16-14-8-17-19(10-14)11-15(20)18-7-6-13(9-18)12-4-2-1-3-5-12/h1-5,8,10,13H,6-7,9,11,16H2. The van der Waals surface area contributed by atoms with Crippen molar-refractivity contribution in [2.24, 2.45) is 0 Å². The first kappa shape index (κ1) is 12.7. The van der Waals surface area contributed by atoms with Gasteiger partial charge in [-0.3, -0.25) is 9.48 Å². The maximum absolute atomic E-state index is 12.2. The Morgan fingerprint density at radius 2 is 2.15 bits per heavy atom. The van der Waals surface area contributed by atoms with Crippen molar-refractivity contribution in [2.75, 3.05) is 18.8 Å². The largest absolute Gasteiger partial charge is 0.396 e. The van der Waals surface area contributed by atoms with Crippen LogP contribution in [0.3, 0.4) is 0 Å². The van der Waals surface area contributed by atoms with E-state index >= 15 is 0 Å². The Labute approximate surface area is 118 Å². The van der Waals surface area contributed by atoms with E-state index in [2.05, 4.69) is 17.2 Å². The first-order valence-electron chi connectivity index (χ1n) is 6.83. The Hall–Kier alpha value is -2.30. The molecule has 0 bridgehead atoms. The van der Waals surface area contributed by atoms with Gasteiger partial charge >= 0.3 is 0 Å². The van der Waals surface area contributed by atoms with Gasteiger partial charge in [0.2, 0.25) is 5.91 Å². The molecule has 1 aromatic carbocycles. The van der Waals surface area contributed by atoms with Crippen LogP contribution in [0.5, 0.6) is 0 Å². The van der Waals surface area contributed by atoms with E-state index in [1.165, 1.54) is 5.56 Å². The van der Waals surface area contributed by atoms with E-state index in [1.807, 2.05) is 23.1 Å². The molecule has 2 aromatic rings. The molecule has 5 heteroatoms. The minimum atomic E-state index is 0.103. The lowest BCUT2D eigenvalue weighted by molar-refractivity contribution is -0.131. The van der Waals surface area contributed by atoms with Gasteiger partial charge in [0, 0.05) is 25.2 Å². The van der Waals surface area contributed by atoms with Crippen LogP contribution in [-0.4, -0.2) is 33.7 Å². The third-order valence-corrected chi connectivity index (χ3v) is 3.76. The molecule has 5 nitrogen and oxygen atoms in total. The van der Waals surface area contributed by atoms with E-state index in [4.69, 9.17) is 5.73 Å². The van der Waals surface area contributed by atoms with Crippen molar-refractivity contribution in [3.8, 4) is 0 Å². The lowest BCUT2D eigenvalue weighted by atomic mass is 9.99. The van der Waals surface area contributed by atoms with E-state index in [0.717, 1.165) is 19.5 Å². The second-order valence-corrected chi connectivity index (χ2v) is 5.21. The number of carbonyl (C=O) groups is 1. The number of hydrogen-bond donors (Lipinski definition) is 1. The lowest BCUT2D eigenvalue weighted by Crippen LogP contribution is -2.31. The number of nitrogens with two attached hydrogens (primary N) is 1. The highest BCUT2D eigenvalue weighted by Gasteiger charge is 2.27. The van der Waals surface area contributed by atoms with E-state index in [0.29, 0.717) is 11.6 Å². The Morgan fingerprint density at radius 1 is 1.35 bits per heavy atom. The molecule has 0 aliphatic carbocycles. The highest BCUT2D eigenvalue weighted by Crippen LogP contribution is 2.26. The highest BCUT2D eigenvalue weighted by atomic mass is 16.2. The molecule has 2 N–H and O–H groups in total. The van der Waals surface area contributed by atoms with Crippen molar-refractivity contribution >= 4 is 11.6 Å². The van der Waals surface area contributed by atoms with E-state index in [9.17, 15) is 4.79 Å². The third kappa shape index (κ3) is 2.66. The fourth-order valence-electron chi connectivity index (χ4n) is 2.69. The molecule has 1 aliphatic rings. The molecule has 0 saturated carbocycles. The maximum atomic E-state index is 12.2. The van der Waals surface area contributed by atoms with Gasteiger partial charge in [0.05, 0.1) is 11.9 Å². The number of hydrogen-bond acceptors (Lipinski definition) is 3. The monoisotopic (exact) mass is 270 g/mol. The molecular formula is C15H18N4O. The molecule has 1 aliphatic heterocycles. The second kappa shape index (κ2) is 5.36. The Kier molecular flexibility index (Phi) is 3.41. The predicted octanol–water partition coefficient (Wildman–Crippen LogP) is 1.48. The first-order chi connectivity index (χ1) is 9.72. The summed E-state index contributed by atoms with van der Waals surface area (Å²) in [6.45, 7) is 1.87. The van der Waals surface area contributed by atoms with Crippen molar-refractivity contribution < 1.29 is 4.79 Å². The summed E-state index contributed by atoms with van der Waals surface area (Å²) in [6, 6.07) is 10.4. The van der Waals surface area contributed by atoms with Crippen LogP contribution < -0.4 is 5.73 Å². The summed E-state index contributed by atoms with van der Waals surface area (Å²) in [5.74, 6) is 0.550. The summed E-state index contributed by atoms with van der Waals surface area (Å²) >= 11 is 0. The molecule has 20 heavy (non-hydrogen) atoms. The van der Waals surface area contributed by atoms with Crippen LogP contribution in [-0.2, 0) is 11.3 Å². The number of carbonyl (C=O) groups excluding carboxylic acids is 1. The van der Waals surface area contributed by atoms with Gasteiger partial charge in [0.15, 0.2) is 0 Å². The van der Waals surface area contributed by atoms with Crippen LogP contribution in [0.15, 0.2) is 42.7 Å². The van der Waals surface area contributed by atoms with Gasteiger partial charge in [-0.15, -0.1) is 0 Å². The molecule has 3 rings (SSSR count). The molecule has 2 heterocycles. The molecule has 0 radical (unpaired) electrons. The van der Waals surface area contributed by atoms with Crippen molar-refractivity contribution in [1.82, 2.24) is 14.7 Å². The number of aromatic nitrogens is 2. The summed E-state index contributed by atoms with van der Waals surface area (Å²) < 4.78 is 1.59. The normalized spacial score (nSPS) is 18.4. The minimum absolute atomic E-state index is 0.103. The summed E-state index contributed by atoms with van der Waals surface area (Å²) in [5, 5.41) is 4.05. The molecule has 1 fully saturated rings. The van der Waals surface area contributed by atoms with Crippen LogP contribution in [0, 0.1) is 0 Å². The van der Waals surface area contributed by atoms with Gasteiger partial charge in [0.1, 0.15) is 6.54 Å². The number of likely N-dealkylation sites (tertiary alicyclic amines) is 1. The lowest BCUT2D eigenvalue weighted by Gasteiger charge is -2.16. The van der Waals surface area contributed by atoms with Gasteiger partial charge in [-0.1, -0.05) is 30.3 Å². The number of anilines is 1. The van der Waals surface area contributed by atoms with Crippen molar-refractivity contribution in [3.63, 3.8) is 0 Å². The smallest absolute Gasteiger partial charge is 0.244 e. The highest BCUT2D eigenvalue weighted by molar-refractivity contribution is 5.76. The fourth-order valence-corrected chi connectivity index (χ4v) is 2.69. The number of amides is 1. The minimum Gasteiger partial charge on any atom is -0.396 e. The average Bonchev–Trinajstić information content (AvgIpc) is 3.09. The predicted molar refractivity (Wildman–Crippen MR) is 77.0 cm³/mol. The zero-order valence-electron chi connectivity index (χ0n) is 11.3. The zero-order chi connectivity index (χ0) is 13.9. The first-order valence-corrected chi connectivity index (χ1v) is 6.83. The maximum Gasteiger partial charge on any atom is 0.244 e. The molecule has 1 saturated heterocycles. The molecule has 1 atom stereocenters. The number of nitrogens with zero attached hydrogens (tertiary/aromatic N) is 3. The van der Waals surface area contributed by atoms with Crippen LogP contribution in [0.2, 0.25) is 0 Å². The van der Waals surface area contributed by atoms with Crippen LogP contribution in [0.4, 0.5) is 5.69 Å². The summed E-state index contributed by atoms with van der Waals surface area (Å²) in [4.78, 5) is 14.1. The van der Waals surface area contributed by atoms with Crippen molar-refractivity contribution in [2.45, 2.75) is 18.9 Å². The Bertz CT molecular complexity index is 593. The molecule has 0 spiro atoms. The SMILES string of the molecule is Nc1cnn(CC(=O)N2CCC(c3ccccc3)C2)c1. The second-order valence-electron chi connectivity index (χ2n) is 5.21.